The zero-order valence-corrected chi connectivity index (χ0v) is 19.3. The van der Waals surface area contributed by atoms with Crippen molar-refractivity contribution in [2.45, 2.75) is 80.7 Å². The normalized spacial score (nSPS) is 26.7. The summed E-state index contributed by atoms with van der Waals surface area (Å²) in [4.78, 5) is 0.462. The highest BCUT2D eigenvalue weighted by atomic mass is 32.2. The minimum Gasteiger partial charge on any atom is -0.378 e. The van der Waals surface area contributed by atoms with Gasteiger partial charge in [0, 0.05) is 18.8 Å². The number of anilines is 1. The Morgan fingerprint density at radius 1 is 0.871 bits per heavy atom. The molecule has 0 saturated heterocycles. The lowest BCUT2D eigenvalue weighted by molar-refractivity contribution is 0.265. The van der Waals surface area contributed by atoms with Gasteiger partial charge in [-0.25, -0.2) is 8.42 Å². The Bertz CT molecular complexity index is 1010. The van der Waals surface area contributed by atoms with Gasteiger partial charge < -0.3 is 5.32 Å². The Morgan fingerprint density at radius 3 is 2.35 bits per heavy atom. The van der Waals surface area contributed by atoms with Crippen molar-refractivity contribution in [3.05, 3.63) is 59.7 Å². The van der Waals surface area contributed by atoms with Gasteiger partial charge in [-0.05, 0) is 66.8 Å². The molecule has 0 bridgehead atoms. The van der Waals surface area contributed by atoms with E-state index < -0.39 is 10.0 Å². The van der Waals surface area contributed by atoms with E-state index in [-0.39, 0.29) is 6.04 Å². The van der Waals surface area contributed by atoms with Crippen LogP contribution in [0.5, 0.6) is 0 Å². The van der Waals surface area contributed by atoms with Gasteiger partial charge in [0.2, 0.25) is 10.0 Å². The number of nitrogens with zero attached hydrogens (tertiary/aromatic N) is 1. The molecule has 2 saturated carbocycles. The molecule has 3 aliphatic rings. The lowest BCUT2D eigenvalue weighted by Gasteiger charge is -2.44. The summed E-state index contributed by atoms with van der Waals surface area (Å²) in [6, 6.07) is 17.0. The number of sulfonamides is 1. The molecule has 5 rings (SSSR count). The molecule has 31 heavy (non-hydrogen) atoms. The highest BCUT2D eigenvalue weighted by molar-refractivity contribution is 7.89. The summed E-state index contributed by atoms with van der Waals surface area (Å²) >= 11 is 0. The molecular formula is C26H34N2O2S. The van der Waals surface area contributed by atoms with Gasteiger partial charge in [0.05, 0.1) is 10.9 Å². The molecule has 2 aromatic carbocycles. The number of rotatable bonds is 4. The van der Waals surface area contributed by atoms with Crippen LogP contribution in [-0.2, 0) is 10.0 Å². The van der Waals surface area contributed by atoms with E-state index in [9.17, 15) is 8.42 Å². The first-order valence-electron chi connectivity index (χ1n) is 12.0. The molecule has 5 heteroatoms. The first kappa shape index (κ1) is 21.0. The van der Waals surface area contributed by atoms with Crippen LogP contribution in [-0.4, -0.2) is 25.8 Å². The summed E-state index contributed by atoms with van der Waals surface area (Å²) in [6.45, 7) is 0. The van der Waals surface area contributed by atoms with E-state index in [2.05, 4.69) is 35.6 Å². The predicted molar refractivity (Wildman–Crippen MR) is 126 cm³/mol. The van der Waals surface area contributed by atoms with Gasteiger partial charge in [-0.1, -0.05) is 62.4 Å². The first-order valence-corrected chi connectivity index (χ1v) is 13.4. The summed E-state index contributed by atoms with van der Waals surface area (Å²) < 4.78 is 28.6. The van der Waals surface area contributed by atoms with Gasteiger partial charge in [0.15, 0.2) is 0 Å². The summed E-state index contributed by atoms with van der Waals surface area (Å²) in [6.07, 6.45) is 10.2. The molecule has 0 amide bonds. The van der Waals surface area contributed by atoms with Crippen LogP contribution in [0.4, 0.5) is 5.69 Å². The van der Waals surface area contributed by atoms with Gasteiger partial charge in [-0.15, -0.1) is 0 Å². The summed E-state index contributed by atoms with van der Waals surface area (Å²) in [5.74, 6) is 0.933. The summed E-state index contributed by atoms with van der Waals surface area (Å²) in [5, 5.41) is 3.78. The van der Waals surface area contributed by atoms with E-state index in [1.165, 1.54) is 36.8 Å². The average molecular weight is 439 g/mol. The highest BCUT2D eigenvalue weighted by Gasteiger charge is 2.39. The number of nitrogens with one attached hydrogen (secondary N) is 1. The van der Waals surface area contributed by atoms with Crippen molar-refractivity contribution in [3.8, 4) is 0 Å². The molecule has 3 unspecified atom stereocenters. The fraction of sp³-hybridized carbons (Fsp3) is 0.538. The standard InChI is InChI=1S/C26H34N2O2S/c1-28(20-12-6-3-7-13-20)31(29,30)21-16-17-25-24(18-21)22-14-8-9-15-23(22)26(27-25)19-10-4-2-5-11-19/h2,4-5,10-11,16-18,20,22-23,26-27H,3,6-9,12-15H2,1H3. The average Bonchev–Trinajstić information content (AvgIpc) is 2.83. The van der Waals surface area contributed by atoms with Crippen LogP contribution in [0.1, 0.15) is 80.9 Å². The van der Waals surface area contributed by atoms with Crippen molar-refractivity contribution >= 4 is 15.7 Å². The van der Waals surface area contributed by atoms with E-state index in [0.717, 1.165) is 37.8 Å². The Morgan fingerprint density at radius 2 is 1.58 bits per heavy atom. The molecule has 4 nitrogen and oxygen atoms in total. The van der Waals surface area contributed by atoms with E-state index in [1.54, 1.807) is 11.4 Å². The van der Waals surface area contributed by atoms with Gasteiger partial charge >= 0.3 is 0 Å². The molecule has 3 atom stereocenters. The smallest absolute Gasteiger partial charge is 0.243 e. The fourth-order valence-corrected chi connectivity index (χ4v) is 7.61. The molecule has 2 aromatic rings. The minimum atomic E-state index is -3.47. The largest absolute Gasteiger partial charge is 0.378 e. The topological polar surface area (TPSA) is 49.4 Å². The van der Waals surface area contributed by atoms with Crippen LogP contribution in [0, 0.1) is 5.92 Å². The molecule has 0 spiro atoms. The molecule has 1 aliphatic heterocycles. The van der Waals surface area contributed by atoms with Crippen LogP contribution in [0.3, 0.4) is 0 Å². The van der Waals surface area contributed by atoms with Crippen molar-refractivity contribution < 1.29 is 8.42 Å². The fourth-order valence-electron chi connectivity index (χ4n) is 6.16. The van der Waals surface area contributed by atoms with Gasteiger partial charge in [-0.3, -0.25) is 0 Å². The molecule has 2 fully saturated rings. The predicted octanol–water partition coefficient (Wildman–Crippen LogP) is 6.08. The lowest BCUT2D eigenvalue weighted by atomic mass is 9.68. The van der Waals surface area contributed by atoms with Crippen LogP contribution >= 0.6 is 0 Å². The summed E-state index contributed by atoms with van der Waals surface area (Å²) in [5.41, 5.74) is 3.64. The van der Waals surface area contributed by atoms with Crippen molar-refractivity contribution in [1.29, 1.82) is 0 Å². The molecule has 0 radical (unpaired) electrons. The molecule has 2 aliphatic carbocycles. The quantitative estimate of drug-likeness (QED) is 0.629. The minimum absolute atomic E-state index is 0.137. The third-order valence-electron chi connectivity index (χ3n) is 7.91. The zero-order chi connectivity index (χ0) is 21.4. The second-order valence-corrected chi connectivity index (χ2v) is 11.6. The number of hydrogen-bond acceptors (Lipinski definition) is 3. The van der Waals surface area contributed by atoms with Gasteiger partial charge in [-0.2, -0.15) is 4.31 Å². The number of benzene rings is 2. The van der Waals surface area contributed by atoms with Crippen molar-refractivity contribution in [2.75, 3.05) is 12.4 Å². The van der Waals surface area contributed by atoms with E-state index in [1.807, 2.05) is 18.2 Å². The van der Waals surface area contributed by atoms with Crippen molar-refractivity contribution in [1.82, 2.24) is 4.31 Å². The lowest BCUT2D eigenvalue weighted by Crippen LogP contribution is -2.38. The SMILES string of the molecule is CN(C1CCCCC1)S(=O)(=O)c1ccc2c(c1)C1CCCCC1C(c1ccccc1)N2. The third-order valence-corrected chi connectivity index (χ3v) is 9.81. The molecule has 0 aromatic heterocycles. The van der Waals surface area contributed by atoms with E-state index in [4.69, 9.17) is 0 Å². The molecular weight excluding hydrogens is 404 g/mol. The maximum atomic E-state index is 13.5. The highest BCUT2D eigenvalue weighted by Crippen LogP contribution is 2.51. The van der Waals surface area contributed by atoms with Gasteiger partial charge in [0.25, 0.3) is 0 Å². The Balaban J connectivity index is 1.49. The second kappa shape index (κ2) is 8.59. The summed E-state index contributed by atoms with van der Waals surface area (Å²) in [7, 11) is -1.69. The maximum absolute atomic E-state index is 13.5. The van der Waals surface area contributed by atoms with Gasteiger partial charge in [0.1, 0.15) is 0 Å². The molecule has 1 heterocycles. The molecule has 1 N–H and O–H groups in total. The Hall–Kier alpha value is -1.85. The Kier molecular flexibility index (Phi) is 5.82. The van der Waals surface area contributed by atoms with Crippen LogP contribution in [0.15, 0.2) is 53.4 Å². The van der Waals surface area contributed by atoms with E-state index >= 15 is 0 Å². The maximum Gasteiger partial charge on any atom is 0.243 e. The second-order valence-electron chi connectivity index (χ2n) is 9.65. The molecule has 166 valence electrons. The van der Waals surface area contributed by atoms with Crippen molar-refractivity contribution in [3.63, 3.8) is 0 Å². The zero-order valence-electron chi connectivity index (χ0n) is 18.5. The third kappa shape index (κ3) is 3.91. The van der Waals surface area contributed by atoms with Crippen LogP contribution < -0.4 is 5.32 Å². The van der Waals surface area contributed by atoms with E-state index in [0.29, 0.717) is 22.8 Å². The number of hydrogen-bond donors (Lipinski definition) is 1. The van der Waals surface area contributed by atoms with Crippen LogP contribution in [0.2, 0.25) is 0 Å². The van der Waals surface area contributed by atoms with Crippen LogP contribution in [0.25, 0.3) is 0 Å². The first-order chi connectivity index (χ1) is 15.1. The monoisotopic (exact) mass is 438 g/mol. The number of fused-ring (bicyclic) bond motifs is 3. The van der Waals surface area contributed by atoms with Crippen molar-refractivity contribution in [2.24, 2.45) is 5.92 Å². The Labute approximate surface area is 187 Å².